The highest BCUT2D eigenvalue weighted by Gasteiger charge is 2.38. The van der Waals surface area contributed by atoms with Crippen LogP contribution in [0.25, 0.3) is 10.8 Å². The predicted molar refractivity (Wildman–Crippen MR) is 194 cm³/mol. The first-order valence-corrected chi connectivity index (χ1v) is 17.1. The zero-order chi connectivity index (χ0) is 34.9. The van der Waals surface area contributed by atoms with E-state index in [2.05, 4.69) is 30.3 Å². The summed E-state index contributed by atoms with van der Waals surface area (Å²) in [5.41, 5.74) is 1.87. The van der Waals surface area contributed by atoms with Gasteiger partial charge in [-0.1, -0.05) is 78.9 Å². The van der Waals surface area contributed by atoms with Crippen LogP contribution < -0.4 is 14.2 Å². The number of hydrogen-bond donors (Lipinski definition) is 0. The van der Waals surface area contributed by atoms with Gasteiger partial charge in [0, 0.05) is 32.5 Å². The molecule has 0 spiro atoms. The fraction of sp³-hybridized carbons (Fsp3) is 0.286. The molecule has 6 rings (SSSR count). The molecule has 0 aliphatic carbocycles. The SMILES string of the molecule is CCOC(=O)[C@](C)(Cc1ccc(OCCC2CN(Cc3ccc4ccccc4c3)C(=O)N2Cc2ccc(OC)cc2)cc1)Oc1ccccc1. The number of hydrogen-bond acceptors (Lipinski definition) is 6. The van der Waals surface area contributed by atoms with Crippen LogP contribution in [0.4, 0.5) is 4.79 Å². The largest absolute Gasteiger partial charge is 0.497 e. The van der Waals surface area contributed by atoms with Crippen LogP contribution in [0, 0.1) is 0 Å². The number of carbonyl (C=O) groups is 2. The molecule has 50 heavy (non-hydrogen) atoms. The first kappa shape index (κ1) is 34.4. The Morgan fingerprint density at radius 1 is 0.760 bits per heavy atom. The van der Waals surface area contributed by atoms with Gasteiger partial charge in [-0.25, -0.2) is 9.59 Å². The quantitative estimate of drug-likeness (QED) is 0.105. The molecule has 0 aromatic heterocycles. The Bertz CT molecular complexity index is 1880. The summed E-state index contributed by atoms with van der Waals surface area (Å²) in [6.07, 6.45) is 1.00. The molecule has 1 aliphatic heterocycles. The molecule has 1 heterocycles. The number of fused-ring (bicyclic) bond motifs is 1. The Morgan fingerprint density at radius 2 is 1.42 bits per heavy atom. The Morgan fingerprint density at radius 3 is 2.14 bits per heavy atom. The third-order valence-corrected chi connectivity index (χ3v) is 9.07. The molecule has 5 aromatic rings. The lowest BCUT2D eigenvalue weighted by molar-refractivity contribution is -0.160. The van der Waals surface area contributed by atoms with Crippen molar-refractivity contribution in [2.45, 2.75) is 51.4 Å². The topological polar surface area (TPSA) is 77.5 Å². The molecule has 8 heteroatoms. The van der Waals surface area contributed by atoms with Gasteiger partial charge in [-0.05, 0) is 83.8 Å². The van der Waals surface area contributed by atoms with Gasteiger partial charge in [0.2, 0.25) is 5.60 Å². The zero-order valence-corrected chi connectivity index (χ0v) is 28.9. The van der Waals surface area contributed by atoms with Gasteiger partial charge in [-0.15, -0.1) is 0 Å². The highest BCUT2D eigenvalue weighted by Crippen LogP contribution is 2.28. The number of benzene rings is 5. The van der Waals surface area contributed by atoms with Crippen LogP contribution in [0.1, 0.15) is 37.0 Å². The molecule has 0 bridgehead atoms. The van der Waals surface area contributed by atoms with Gasteiger partial charge in [-0.2, -0.15) is 0 Å². The van der Waals surface area contributed by atoms with E-state index in [1.807, 2.05) is 101 Å². The van der Waals surface area contributed by atoms with Gasteiger partial charge in [-0.3, -0.25) is 0 Å². The molecule has 0 radical (unpaired) electrons. The molecular weight excluding hydrogens is 628 g/mol. The molecule has 1 saturated heterocycles. The van der Waals surface area contributed by atoms with Crippen molar-refractivity contribution in [1.29, 1.82) is 0 Å². The van der Waals surface area contributed by atoms with E-state index in [0.29, 0.717) is 44.8 Å². The number of urea groups is 1. The number of amides is 2. The van der Waals surface area contributed by atoms with Crippen molar-refractivity contribution >= 4 is 22.8 Å². The number of methoxy groups -OCH3 is 1. The second-order valence-electron chi connectivity index (χ2n) is 12.8. The van der Waals surface area contributed by atoms with Crippen molar-refractivity contribution in [2.24, 2.45) is 0 Å². The number of para-hydroxylation sites is 1. The molecular formula is C42H44N2O6. The van der Waals surface area contributed by atoms with E-state index in [1.165, 1.54) is 5.39 Å². The Balaban J connectivity index is 1.11. The van der Waals surface area contributed by atoms with Crippen LogP contribution in [0.2, 0.25) is 0 Å². The third-order valence-electron chi connectivity index (χ3n) is 9.07. The summed E-state index contributed by atoms with van der Waals surface area (Å²) < 4.78 is 23.1. The van der Waals surface area contributed by atoms with Crippen molar-refractivity contribution in [3.8, 4) is 17.2 Å². The zero-order valence-electron chi connectivity index (χ0n) is 28.9. The van der Waals surface area contributed by atoms with Crippen molar-refractivity contribution in [2.75, 3.05) is 26.9 Å². The molecule has 1 aliphatic rings. The van der Waals surface area contributed by atoms with Crippen LogP contribution in [-0.2, 0) is 29.0 Å². The molecule has 2 atom stereocenters. The predicted octanol–water partition coefficient (Wildman–Crippen LogP) is 8.07. The number of carbonyl (C=O) groups excluding carboxylic acids is 2. The number of rotatable bonds is 15. The fourth-order valence-electron chi connectivity index (χ4n) is 6.42. The lowest BCUT2D eigenvalue weighted by atomic mass is 9.96. The van der Waals surface area contributed by atoms with E-state index in [1.54, 1.807) is 21.0 Å². The standard InChI is InChI=1S/C42H44N2O6/c1-4-48-40(45)42(2,50-39-12-6-5-7-13-39)27-31-15-22-38(23-16-31)49-25-24-36-30-43(28-33-14-19-34-10-8-9-11-35(34)26-33)41(46)44(36)29-32-17-20-37(47-3)21-18-32/h5-23,26,36H,4,24-25,27-30H2,1-3H3/t36?,42-/m0/s1. The van der Waals surface area contributed by atoms with E-state index in [9.17, 15) is 9.59 Å². The highest BCUT2D eigenvalue weighted by molar-refractivity contribution is 5.83. The van der Waals surface area contributed by atoms with Crippen LogP contribution in [0.3, 0.4) is 0 Å². The Kier molecular flexibility index (Phi) is 10.9. The lowest BCUT2D eigenvalue weighted by Gasteiger charge is -2.28. The summed E-state index contributed by atoms with van der Waals surface area (Å²) in [6.45, 7) is 5.91. The average Bonchev–Trinajstić information content (AvgIpc) is 3.42. The minimum Gasteiger partial charge on any atom is -0.497 e. The van der Waals surface area contributed by atoms with Crippen LogP contribution in [-0.4, -0.2) is 60.3 Å². The molecule has 8 nitrogen and oxygen atoms in total. The first-order chi connectivity index (χ1) is 24.3. The van der Waals surface area contributed by atoms with E-state index in [-0.39, 0.29) is 18.7 Å². The Hall–Kier alpha value is -5.50. The summed E-state index contributed by atoms with van der Waals surface area (Å²) in [6, 6.07) is 39.5. The van der Waals surface area contributed by atoms with Crippen LogP contribution >= 0.6 is 0 Å². The van der Waals surface area contributed by atoms with E-state index in [4.69, 9.17) is 18.9 Å². The lowest BCUT2D eigenvalue weighted by Crippen LogP contribution is -2.45. The number of esters is 1. The van der Waals surface area contributed by atoms with Gasteiger partial charge in [0.05, 0.1) is 26.4 Å². The van der Waals surface area contributed by atoms with Gasteiger partial charge in [0.1, 0.15) is 17.2 Å². The minimum atomic E-state index is -1.19. The van der Waals surface area contributed by atoms with Crippen LogP contribution in [0.5, 0.6) is 17.2 Å². The molecule has 2 amide bonds. The fourth-order valence-corrected chi connectivity index (χ4v) is 6.42. The summed E-state index contributed by atoms with van der Waals surface area (Å²) >= 11 is 0. The monoisotopic (exact) mass is 672 g/mol. The van der Waals surface area contributed by atoms with Crippen molar-refractivity contribution < 1.29 is 28.5 Å². The number of ether oxygens (including phenoxy) is 4. The maximum Gasteiger partial charge on any atom is 0.350 e. The van der Waals surface area contributed by atoms with Crippen molar-refractivity contribution in [1.82, 2.24) is 9.80 Å². The molecule has 0 saturated carbocycles. The highest BCUT2D eigenvalue weighted by atomic mass is 16.6. The van der Waals surface area contributed by atoms with Gasteiger partial charge >= 0.3 is 12.0 Å². The summed E-state index contributed by atoms with van der Waals surface area (Å²) in [5, 5.41) is 2.35. The van der Waals surface area contributed by atoms with Crippen molar-refractivity contribution in [3.05, 3.63) is 138 Å². The first-order valence-electron chi connectivity index (χ1n) is 17.1. The normalized spacial score (nSPS) is 15.5. The number of nitrogens with zero attached hydrogens (tertiary/aromatic N) is 2. The van der Waals surface area contributed by atoms with Crippen LogP contribution in [0.15, 0.2) is 121 Å². The smallest absolute Gasteiger partial charge is 0.350 e. The molecule has 1 fully saturated rings. The Labute approximate surface area is 294 Å². The van der Waals surface area contributed by atoms with E-state index in [0.717, 1.165) is 33.6 Å². The van der Waals surface area contributed by atoms with Gasteiger partial charge in [0.15, 0.2) is 0 Å². The second kappa shape index (κ2) is 15.8. The van der Waals surface area contributed by atoms with E-state index < -0.39 is 11.6 Å². The second-order valence-corrected chi connectivity index (χ2v) is 12.8. The van der Waals surface area contributed by atoms with Gasteiger partial charge in [0.25, 0.3) is 0 Å². The van der Waals surface area contributed by atoms with E-state index >= 15 is 0 Å². The maximum absolute atomic E-state index is 13.8. The molecule has 1 unspecified atom stereocenters. The summed E-state index contributed by atoms with van der Waals surface area (Å²) in [5.74, 6) is 1.69. The van der Waals surface area contributed by atoms with Gasteiger partial charge < -0.3 is 28.7 Å². The minimum absolute atomic E-state index is 0.0192. The molecule has 5 aromatic carbocycles. The third kappa shape index (κ3) is 8.37. The summed E-state index contributed by atoms with van der Waals surface area (Å²) in [7, 11) is 1.65. The average molecular weight is 673 g/mol. The van der Waals surface area contributed by atoms with Crippen molar-refractivity contribution in [3.63, 3.8) is 0 Å². The molecule has 258 valence electrons. The summed E-state index contributed by atoms with van der Waals surface area (Å²) in [4.78, 5) is 30.7. The maximum atomic E-state index is 13.8. The molecule has 0 N–H and O–H groups in total.